The van der Waals surface area contributed by atoms with Crippen molar-refractivity contribution in [1.29, 1.82) is 0 Å². The van der Waals surface area contributed by atoms with Crippen LogP contribution in [0.15, 0.2) is 47.1 Å². The summed E-state index contributed by atoms with van der Waals surface area (Å²) in [7, 11) is 0. The summed E-state index contributed by atoms with van der Waals surface area (Å²) in [5, 5.41) is 3.32. The minimum Gasteiger partial charge on any atom is -1.00 e. The number of benzene rings is 1. The van der Waals surface area contributed by atoms with Crippen molar-refractivity contribution >= 4 is 0 Å². The standard InChI is InChI=1S/C14H17NO2.ClH/c1-2-16-13-7-5-12(6-8-13)10-15-11-14-4-3-9-17-14;/h3-9,15H,2,10-11H2,1H3;1H/p-1. The fraction of sp³-hybridized carbons (Fsp3) is 0.286. The molecule has 2 aromatic rings. The third kappa shape index (κ3) is 4.43. The van der Waals surface area contributed by atoms with Crippen molar-refractivity contribution < 1.29 is 21.6 Å². The maximum absolute atomic E-state index is 5.39. The van der Waals surface area contributed by atoms with Gasteiger partial charge in [0.05, 0.1) is 19.4 Å². The van der Waals surface area contributed by atoms with E-state index in [0.717, 1.165) is 24.6 Å². The van der Waals surface area contributed by atoms with Crippen LogP contribution in [0.3, 0.4) is 0 Å². The lowest BCUT2D eigenvalue weighted by Crippen LogP contribution is -3.00. The molecule has 1 aromatic carbocycles. The van der Waals surface area contributed by atoms with Gasteiger partial charge >= 0.3 is 0 Å². The fourth-order valence-corrected chi connectivity index (χ4v) is 1.61. The number of nitrogens with one attached hydrogen (secondary N) is 1. The second-order valence-electron chi connectivity index (χ2n) is 3.76. The summed E-state index contributed by atoms with van der Waals surface area (Å²) in [6.07, 6.45) is 1.69. The van der Waals surface area contributed by atoms with Gasteiger partial charge in [-0.2, -0.15) is 0 Å². The normalized spacial score (nSPS) is 9.83. The van der Waals surface area contributed by atoms with Gasteiger partial charge < -0.3 is 26.9 Å². The topological polar surface area (TPSA) is 34.4 Å². The Morgan fingerprint density at radius 2 is 1.89 bits per heavy atom. The predicted molar refractivity (Wildman–Crippen MR) is 66.9 cm³/mol. The van der Waals surface area contributed by atoms with Crippen LogP contribution in [0.5, 0.6) is 5.75 Å². The molecule has 0 amide bonds. The average Bonchev–Trinajstić information content (AvgIpc) is 2.85. The van der Waals surface area contributed by atoms with Gasteiger partial charge in [0.15, 0.2) is 0 Å². The number of hydrogen-bond donors (Lipinski definition) is 1. The molecule has 1 heterocycles. The maximum Gasteiger partial charge on any atom is 0.119 e. The lowest BCUT2D eigenvalue weighted by Gasteiger charge is -2.05. The predicted octanol–water partition coefficient (Wildman–Crippen LogP) is -0.0279. The molecule has 0 aliphatic rings. The first-order valence-electron chi connectivity index (χ1n) is 5.83. The Morgan fingerprint density at radius 3 is 2.50 bits per heavy atom. The highest BCUT2D eigenvalue weighted by Crippen LogP contribution is 2.12. The second-order valence-corrected chi connectivity index (χ2v) is 3.76. The molecule has 0 fully saturated rings. The maximum atomic E-state index is 5.39. The molecule has 1 N–H and O–H groups in total. The van der Waals surface area contributed by atoms with Gasteiger partial charge in [0.2, 0.25) is 0 Å². The molecule has 18 heavy (non-hydrogen) atoms. The average molecular weight is 267 g/mol. The zero-order valence-corrected chi connectivity index (χ0v) is 11.1. The molecule has 2 rings (SSSR count). The van der Waals surface area contributed by atoms with Crippen LogP contribution in [-0.2, 0) is 13.1 Å². The minimum absolute atomic E-state index is 0. The van der Waals surface area contributed by atoms with Gasteiger partial charge in [-0.1, -0.05) is 12.1 Å². The molecule has 98 valence electrons. The summed E-state index contributed by atoms with van der Waals surface area (Å²) in [5.74, 6) is 1.87. The van der Waals surface area contributed by atoms with Crippen molar-refractivity contribution in [2.75, 3.05) is 6.61 Å². The Bertz CT molecular complexity index is 426. The van der Waals surface area contributed by atoms with E-state index in [1.54, 1.807) is 6.26 Å². The first kappa shape index (κ1) is 14.6. The summed E-state index contributed by atoms with van der Waals surface area (Å²) in [6.45, 7) is 4.27. The van der Waals surface area contributed by atoms with Crippen molar-refractivity contribution in [2.24, 2.45) is 0 Å². The molecule has 0 saturated heterocycles. The molecule has 4 heteroatoms. The van der Waals surface area contributed by atoms with Crippen LogP contribution in [0.25, 0.3) is 0 Å². The quantitative estimate of drug-likeness (QED) is 0.798. The summed E-state index contributed by atoms with van der Waals surface area (Å²) < 4.78 is 10.6. The molecular formula is C14H17ClNO2-. The van der Waals surface area contributed by atoms with Crippen molar-refractivity contribution in [3.05, 3.63) is 54.0 Å². The van der Waals surface area contributed by atoms with E-state index in [1.165, 1.54) is 5.56 Å². The molecule has 0 unspecified atom stereocenters. The van der Waals surface area contributed by atoms with Gasteiger partial charge in [-0.3, -0.25) is 0 Å². The number of rotatable bonds is 6. The Hall–Kier alpha value is -1.45. The molecule has 0 spiro atoms. The summed E-state index contributed by atoms with van der Waals surface area (Å²) >= 11 is 0. The third-order valence-electron chi connectivity index (χ3n) is 2.44. The second kappa shape index (κ2) is 7.80. The summed E-state index contributed by atoms with van der Waals surface area (Å²) in [4.78, 5) is 0. The lowest BCUT2D eigenvalue weighted by molar-refractivity contribution is -0.00000460. The van der Waals surface area contributed by atoms with E-state index in [9.17, 15) is 0 Å². The molecule has 0 atom stereocenters. The van der Waals surface area contributed by atoms with E-state index in [1.807, 2.05) is 31.2 Å². The highest BCUT2D eigenvalue weighted by atomic mass is 35.5. The third-order valence-corrected chi connectivity index (χ3v) is 2.44. The molecule has 0 aliphatic heterocycles. The Kier molecular flexibility index (Phi) is 6.33. The van der Waals surface area contributed by atoms with E-state index in [4.69, 9.17) is 9.15 Å². The van der Waals surface area contributed by atoms with Gasteiger partial charge in [0, 0.05) is 6.54 Å². The fourth-order valence-electron chi connectivity index (χ4n) is 1.61. The number of furan rings is 1. The Labute approximate surface area is 114 Å². The monoisotopic (exact) mass is 266 g/mol. The molecular weight excluding hydrogens is 250 g/mol. The van der Waals surface area contributed by atoms with Gasteiger partial charge in [-0.15, -0.1) is 0 Å². The first-order valence-corrected chi connectivity index (χ1v) is 5.83. The highest BCUT2D eigenvalue weighted by Gasteiger charge is 1.97. The van der Waals surface area contributed by atoms with Crippen LogP contribution >= 0.6 is 0 Å². The zero-order chi connectivity index (χ0) is 11.9. The van der Waals surface area contributed by atoms with E-state index < -0.39 is 0 Å². The van der Waals surface area contributed by atoms with Gasteiger partial charge in [0.25, 0.3) is 0 Å². The Balaban J connectivity index is 0.00000162. The van der Waals surface area contributed by atoms with Crippen molar-refractivity contribution in [1.82, 2.24) is 5.32 Å². The number of hydrogen-bond acceptors (Lipinski definition) is 3. The van der Waals surface area contributed by atoms with Crippen LogP contribution in [0.1, 0.15) is 18.2 Å². The van der Waals surface area contributed by atoms with Crippen molar-refractivity contribution in [2.45, 2.75) is 20.0 Å². The van der Waals surface area contributed by atoms with E-state index >= 15 is 0 Å². The lowest BCUT2D eigenvalue weighted by atomic mass is 10.2. The summed E-state index contributed by atoms with van der Waals surface area (Å²) in [5.41, 5.74) is 1.24. The van der Waals surface area contributed by atoms with E-state index in [2.05, 4.69) is 17.4 Å². The molecule has 0 radical (unpaired) electrons. The summed E-state index contributed by atoms with van der Waals surface area (Å²) in [6, 6.07) is 12.0. The molecule has 0 saturated carbocycles. The van der Waals surface area contributed by atoms with Crippen LogP contribution in [-0.4, -0.2) is 6.61 Å². The van der Waals surface area contributed by atoms with Crippen LogP contribution in [0.2, 0.25) is 0 Å². The van der Waals surface area contributed by atoms with Crippen molar-refractivity contribution in [3.8, 4) is 5.75 Å². The molecule has 1 aromatic heterocycles. The SMILES string of the molecule is CCOc1ccc(CNCc2ccco2)cc1.[Cl-]. The van der Waals surface area contributed by atoms with Crippen molar-refractivity contribution in [3.63, 3.8) is 0 Å². The first-order chi connectivity index (χ1) is 8.38. The zero-order valence-electron chi connectivity index (χ0n) is 10.4. The van der Waals surface area contributed by atoms with E-state index in [0.29, 0.717) is 6.61 Å². The molecule has 3 nitrogen and oxygen atoms in total. The van der Waals surface area contributed by atoms with Crippen LogP contribution in [0.4, 0.5) is 0 Å². The Morgan fingerprint density at radius 1 is 1.11 bits per heavy atom. The molecule has 0 aliphatic carbocycles. The van der Waals surface area contributed by atoms with Gasteiger partial charge in [0.1, 0.15) is 11.5 Å². The number of halogens is 1. The minimum atomic E-state index is 0. The molecule has 0 bridgehead atoms. The van der Waals surface area contributed by atoms with Crippen LogP contribution in [0, 0.1) is 0 Å². The van der Waals surface area contributed by atoms with Gasteiger partial charge in [-0.05, 0) is 36.8 Å². The van der Waals surface area contributed by atoms with Gasteiger partial charge in [-0.25, -0.2) is 0 Å². The smallest absolute Gasteiger partial charge is 0.119 e. The van der Waals surface area contributed by atoms with Crippen LogP contribution < -0.4 is 22.5 Å². The van der Waals surface area contributed by atoms with E-state index in [-0.39, 0.29) is 12.4 Å². The highest BCUT2D eigenvalue weighted by molar-refractivity contribution is 5.27. The number of ether oxygens (including phenoxy) is 1. The largest absolute Gasteiger partial charge is 1.00 e.